The maximum atomic E-state index is 5.25. The third-order valence-electron chi connectivity index (χ3n) is 17.7. The van der Waals surface area contributed by atoms with Gasteiger partial charge in [0.1, 0.15) is 5.82 Å². The molecule has 0 saturated heterocycles. The number of benzene rings is 7. The molecule has 7 aromatic carbocycles. The van der Waals surface area contributed by atoms with E-state index in [1.54, 1.807) is 0 Å². The third-order valence-corrected chi connectivity index (χ3v) is 17.7. The van der Waals surface area contributed by atoms with Gasteiger partial charge in [-0.3, -0.25) is 4.98 Å². The van der Waals surface area contributed by atoms with Gasteiger partial charge in [-0.1, -0.05) is 258 Å². The molecule has 0 bridgehead atoms. The predicted octanol–water partition coefficient (Wildman–Crippen LogP) is 21.3. The van der Waals surface area contributed by atoms with Crippen molar-refractivity contribution in [2.75, 3.05) is 0 Å². The van der Waals surface area contributed by atoms with Crippen LogP contribution in [0.2, 0.25) is 0 Å². The van der Waals surface area contributed by atoms with Gasteiger partial charge in [0.15, 0.2) is 11.6 Å². The van der Waals surface area contributed by atoms with E-state index in [9.17, 15) is 0 Å². The summed E-state index contributed by atoms with van der Waals surface area (Å²) in [5, 5.41) is 2.57. The lowest BCUT2D eigenvalue weighted by molar-refractivity contribution is 0.386. The number of unbranched alkanes of at least 4 members (excludes halogenated alkanes) is 10. The number of fused-ring (bicyclic) bond motifs is 4. The summed E-state index contributed by atoms with van der Waals surface area (Å²) in [6.45, 7) is 11.2. The van der Waals surface area contributed by atoms with E-state index < -0.39 is 0 Å². The molecule has 1 saturated carbocycles. The zero-order valence-corrected chi connectivity index (χ0v) is 47.9. The molecule has 11 rings (SSSR count). The van der Waals surface area contributed by atoms with Crippen LogP contribution in [-0.4, -0.2) is 19.9 Å². The van der Waals surface area contributed by atoms with Gasteiger partial charge in [0, 0.05) is 33.7 Å². The molecule has 2 heterocycles. The van der Waals surface area contributed by atoms with E-state index >= 15 is 0 Å². The average Bonchev–Trinajstić information content (AvgIpc) is 3.90. The van der Waals surface area contributed by atoms with Crippen molar-refractivity contribution in [3.05, 3.63) is 204 Å². The number of rotatable bonds is 21. The first-order chi connectivity index (χ1) is 38.7. The summed E-state index contributed by atoms with van der Waals surface area (Å²) in [5.74, 6) is 3.15. The van der Waals surface area contributed by atoms with Crippen LogP contribution >= 0.6 is 0 Å². The summed E-state index contributed by atoms with van der Waals surface area (Å²) < 4.78 is 0. The van der Waals surface area contributed by atoms with Crippen LogP contribution in [0, 0.1) is 0 Å². The summed E-state index contributed by atoms with van der Waals surface area (Å²) in [4.78, 5) is 20.8. The van der Waals surface area contributed by atoms with Gasteiger partial charge in [-0.25, -0.2) is 15.0 Å². The Balaban J connectivity index is 0.916. The highest BCUT2D eigenvalue weighted by Crippen LogP contribution is 2.56. The number of hydrogen-bond acceptors (Lipinski definition) is 4. The first-order valence-corrected chi connectivity index (χ1v) is 30.5. The molecule has 2 atom stereocenters. The first-order valence-electron chi connectivity index (χ1n) is 30.5. The number of aromatic nitrogens is 4. The van der Waals surface area contributed by atoms with E-state index in [-0.39, 0.29) is 10.8 Å². The Labute approximate surface area is 472 Å². The molecule has 79 heavy (non-hydrogen) atoms. The second-order valence-electron chi connectivity index (χ2n) is 24.3. The van der Waals surface area contributed by atoms with Crippen molar-refractivity contribution >= 4 is 10.8 Å². The summed E-state index contributed by atoms with van der Waals surface area (Å²) in [6.07, 6.45) is 24.8. The summed E-state index contributed by atoms with van der Waals surface area (Å²) in [5.41, 5.74) is 17.3. The van der Waals surface area contributed by atoms with Crippen molar-refractivity contribution in [3.8, 4) is 67.4 Å². The van der Waals surface area contributed by atoms with E-state index in [1.807, 2.05) is 6.20 Å². The topological polar surface area (TPSA) is 51.6 Å². The molecule has 0 aliphatic heterocycles. The molecule has 0 amide bonds. The van der Waals surface area contributed by atoms with E-state index in [0.29, 0.717) is 23.5 Å². The lowest BCUT2D eigenvalue weighted by Gasteiger charge is -2.33. The van der Waals surface area contributed by atoms with Gasteiger partial charge in [-0.2, -0.15) is 0 Å². The normalized spacial score (nSPS) is 15.8. The van der Waals surface area contributed by atoms with Gasteiger partial charge in [-0.15, -0.1) is 0 Å². The highest BCUT2D eigenvalue weighted by molar-refractivity contribution is 5.90. The van der Waals surface area contributed by atoms with Crippen molar-refractivity contribution in [1.29, 1.82) is 0 Å². The smallest absolute Gasteiger partial charge is 0.165 e. The lowest BCUT2D eigenvalue weighted by Crippen LogP contribution is -2.25. The molecule has 0 spiro atoms. The van der Waals surface area contributed by atoms with Crippen LogP contribution in [0.25, 0.3) is 78.2 Å². The van der Waals surface area contributed by atoms with Crippen molar-refractivity contribution in [2.45, 2.75) is 173 Å². The highest BCUT2D eigenvalue weighted by Gasteiger charge is 2.43. The summed E-state index contributed by atoms with van der Waals surface area (Å²) >= 11 is 0. The number of hydrogen-bond donors (Lipinski definition) is 0. The minimum Gasteiger partial charge on any atom is -0.255 e. The number of pyridine rings is 1. The molecule has 0 radical (unpaired) electrons. The van der Waals surface area contributed by atoms with Crippen molar-refractivity contribution in [1.82, 2.24) is 19.9 Å². The van der Waals surface area contributed by atoms with Gasteiger partial charge >= 0.3 is 0 Å². The molecule has 402 valence electrons. The Morgan fingerprint density at radius 1 is 0.418 bits per heavy atom. The van der Waals surface area contributed by atoms with Crippen LogP contribution in [0.4, 0.5) is 0 Å². The Morgan fingerprint density at radius 2 is 0.937 bits per heavy atom. The van der Waals surface area contributed by atoms with Crippen LogP contribution in [0.15, 0.2) is 176 Å². The third kappa shape index (κ3) is 12.0. The molecule has 0 N–H and O–H groups in total. The molecule has 9 aromatic rings. The Morgan fingerprint density at radius 3 is 1.61 bits per heavy atom. The molecule has 2 aromatic heterocycles. The molecule has 2 unspecified atom stereocenters. The fourth-order valence-corrected chi connectivity index (χ4v) is 13.4. The van der Waals surface area contributed by atoms with E-state index in [2.05, 4.69) is 204 Å². The minimum absolute atomic E-state index is 0.0749. The van der Waals surface area contributed by atoms with Crippen LogP contribution in [0.5, 0.6) is 0 Å². The lowest BCUT2D eigenvalue weighted by atomic mass is 9.70. The van der Waals surface area contributed by atoms with Gasteiger partial charge in [0.05, 0.1) is 5.69 Å². The van der Waals surface area contributed by atoms with Crippen LogP contribution in [0.1, 0.15) is 190 Å². The zero-order chi connectivity index (χ0) is 54.2. The van der Waals surface area contributed by atoms with Crippen LogP contribution in [-0.2, 0) is 10.8 Å². The van der Waals surface area contributed by atoms with E-state index in [0.717, 1.165) is 41.1 Å². The van der Waals surface area contributed by atoms with E-state index in [1.165, 1.54) is 169 Å². The molecule has 1 fully saturated rings. The molecular formula is C75H82N4. The van der Waals surface area contributed by atoms with Crippen LogP contribution in [0.3, 0.4) is 0 Å². The Hall–Kier alpha value is -7.04. The predicted molar refractivity (Wildman–Crippen MR) is 334 cm³/mol. The maximum Gasteiger partial charge on any atom is 0.165 e. The monoisotopic (exact) mass is 1040 g/mol. The van der Waals surface area contributed by atoms with Crippen LogP contribution < -0.4 is 0 Å². The van der Waals surface area contributed by atoms with E-state index in [4.69, 9.17) is 19.9 Å². The fourth-order valence-electron chi connectivity index (χ4n) is 13.4. The van der Waals surface area contributed by atoms with Gasteiger partial charge < -0.3 is 0 Å². The second kappa shape index (κ2) is 24.5. The molecule has 2 aliphatic carbocycles. The maximum absolute atomic E-state index is 5.25. The Bertz CT molecular complexity index is 3480. The molecular weight excluding hydrogens is 957 g/mol. The molecule has 2 aliphatic rings. The molecule has 4 nitrogen and oxygen atoms in total. The summed E-state index contributed by atoms with van der Waals surface area (Å²) in [6, 6.07) is 64.0. The standard InChI is InChI=1S/C75H82N4/c1-6-8-10-12-14-23-45-75(46-24-15-13-11-9-7-2)68-50-59(58-38-37-53-27-19-20-30-55(53)47-58)39-42-66(68)67-43-40-61(51-69(67)75)70-44-41-63(52-76-70)72-77-71(78-73(79-72)74(3,4)5)62-34-26-32-57(49-62)56-31-25-33-60(48-56)65-36-22-21-35-64(65)54-28-17-16-18-29-54/h16-20,25-34,37-44,47-52,64-65H,6-15,21-24,35-36,45-46H2,1-5H3. The van der Waals surface area contributed by atoms with Crippen molar-refractivity contribution in [3.63, 3.8) is 0 Å². The van der Waals surface area contributed by atoms with Crippen molar-refractivity contribution in [2.24, 2.45) is 0 Å². The average molecular weight is 1040 g/mol. The Kier molecular flexibility index (Phi) is 16.8. The largest absolute Gasteiger partial charge is 0.255 e. The van der Waals surface area contributed by atoms with Crippen molar-refractivity contribution < 1.29 is 0 Å². The second-order valence-corrected chi connectivity index (χ2v) is 24.3. The molecule has 4 heteroatoms. The van der Waals surface area contributed by atoms with Gasteiger partial charge in [0.25, 0.3) is 0 Å². The first kappa shape index (κ1) is 53.9. The number of nitrogens with zero attached hydrogens (tertiary/aromatic N) is 4. The SMILES string of the molecule is CCCCCCCCC1(CCCCCCCC)c2cc(-c3ccc4ccccc4c3)ccc2-c2ccc(-c3ccc(-c4nc(-c5cccc(-c6cccc(C7CCCCC7c7ccccc7)c6)c5)nc(C(C)(C)C)n4)cn3)cc21. The zero-order valence-electron chi connectivity index (χ0n) is 47.9. The van der Waals surface area contributed by atoms with Gasteiger partial charge in [0.2, 0.25) is 0 Å². The fraction of sp³-hybridized carbons (Fsp3) is 0.360. The summed E-state index contributed by atoms with van der Waals surface area (Å²) in [7, 11) is 0. The highest BCUT2D eigenvalue weighted by atomic mass is 15.0. The quantitative estimate of drug-likeness (QED) is 0.0673. The minimum atomic E-state index is -0.295. The van der Waals surface area contributed by atoms with Gasteiger partial charge in [-0.05, 0) is 140 Å².